The van der Waals surface area contributed by atoms with Crippen molar-refractivity contribution < 1.29 is 8.42 Å². The smallest absolute Gasteiger partial charge is 0.210 e. The van der Waals surface area contributed by atoms with Crippen molar-refractivity contribution >= 4 is 27.8 Å². The molecule has 0 bridgehead atoms. The highest BCUT2D eigenvalue weighted by Crippen LogP contribution is 2.34. The van der Waals surface area contributed by atoms with E-state index in [9.17, 15) is 8.42 Å². The van der Waals surface area contributed by atoms with Crippen molar-refractivity contribution in [2.24, 2.45) is 5.14 Å². The Labute approximate surface area is 80.2 Å². The molecule has 13 heavy (non-hydrogen) atoms. The number of hydrogen-bond acceptors (Lipinski definition) is 4. The van der Waals surface area contributed by atoms with Gasteiger partial charge in [0.15, 0.2) is 0 Å². The van der Waals surface area contributed by atoms with Gasteiger partial charge in [-0.05, 0) is 24.1 Å². The predicted octanol–water partition coefficient (Wildman–Crippen LogP) is 0.222. The molecule has 0 amide bonds. The highest BCUT2D eigenvalue weighted by Gasteiger charge is 2.26. The van der Waals surface area contributed by atoms with Gasteiger partial charge < -0.3 is 0 Å². The van der Waals surface area contributed by atoms with Gasteiger partial charge in [-0.2, -0.15) is 17.7 Å². The summed E-state index contributed by atoms with van der Waals surface area (Å²) >= 11 is 1.22. The standard InChI is InChI=1S/C6H7N3O2S2/c7-13(10,11)9-5-3-1-2-4-6(5)12-8-9/h1-4,8H,(H2,7,10,11). The first-order chi connectivity index (χ1) is 6.09. The zero-order valence-corrected chi connectivity index (χ0v) is 8.10. The fourth-order valence-corrected chi connectivity index (χ4v) is 2.75. The number of hydrazine groups is 1. The van der Waals surface area contributed by atoms with Crippen molar-refractivity contribution in [2.75, 3.05) is 4.41 Å². The molecule has 0 atom stereocenters. The maximum Gasteiger partial charge on any atom is 0.313 e. The molecule has 0 saturated carbocycles. The van der Waals surface area contributed by atoms with E-state index in [1.54, 1.807) is 12.1 Å². The summed E-state index contributed by atoms with van der Waals surface area (Å²) in [6.45, 7) is 0. The molecule has 0 spiro atoms. The van der Waals surface area contributed by atoms with Gasteiger partial charge in [0, 0.05) is 0 Å². The lowest BCUT2D eigenvalue weighted by molar-refractivity contribution is 0.592. The van der Waals surface area contributed by atoms with Crippen LogP contribution in [0.15, 0.2) is 29.2 Å². The Morgan fingerprint density at radius 1 is 1.38 bits per heavy atom. The summed E-state index contributed by atoms with van der Waals surface area (Å²) in [5.41, 5.74) is 0.565. The van der Waals surface area contributed by atoms with Gasteiger partial charge in [-0.1, -0.05) is 12.1 Å². The molecular formula is C6H7N3O2S2. The zero-order chi connectivity index (χ0) is 9.47. The topological polar surface area (TPSA) is 75.4 Å². The van der Waals surface area contributed by atoms with Crippen LogP contribution in [0.25, 0.3) is 0 Å². The molecule has 5 nitrogen and oxygen atoms in total. The largest absolute Gasteiger partial charge is 0.313 e. The van der Waals surface area contributed by atoms with Gasteiger partial charge in [-0.3, -0.25) is 0 Å². The second kappa shape index (κ2) is 2.88. The van der Waals surface area contributed by atoms with E-state index in [2.05, 4.69) is 4.83 Å². The molecule has 1 aliphatic rings. The highest BCUT2D eigenvalue weighted by molar-refractivity contribution is 7.99. The van der Waals surface area contributed by atoms with E-state index in [1.807, 2.05) is 12.1 Å². The summed E-state index contributed by atoms with van der Waals surface area (Å²) < 4.78 is 23.0. The SMILES string of the molecule is NS(=O)(=O)N1NSc2ccccc21. The summed E-state index contributed by atoms with van der Waals surface area (Å²) in [6, 6.07) is 7.09. The van der Waals surface area contributed by atoms with E-state index < -0.39 is 10.2 Å². The van der Waals surface area contributed by atoms with E-state index in [0.29, 0.717) is 5.69 Å². The molecule has 0 aliphatic carbocycles. The first kappa shape index (κ1) is 8.82. The van der Waals surface area contributed by atoms with Gasteiger partial charge in [0.25, 0.3) is 0 Å². The Balaban J connectivity index is 2.51. The third-order valence-corrected chi connectivity index (χ3v) is 3.33. The minimum atomic E-state index is -3.71. The van der Waals surface area contributed by atoms with Crippen LogP contribution in [0.2, 0.25) is 0 Å². The van der Waals surface area contributed by atoms with Crippen LogP contribution in [-0.2, 0) is 10.2 Å². The van der Waals surface area contributed by atoms with Crippen LogP contribution in [0.3, 0.4) is 0 Å². The monoisotopic (exact) mass is 217 g/mol. The van der Waals surface area contributed by atoms with Crippen molar-refractivity contribution in [1.82, 2.24) is 4.83 Å². The molecule has 1 aliphatic heterocycles. The van der Waals surface area contributed by atoms with E-state index in [1.165, 1.54) is 11.9 Å². The van der Waals surface area contributed by atoms with Crippen LogP contribution >= 0.6 is 11.9 Å². The van der Waals surface area contributed by atoms with Crippen LogP contribution < -0.4 is 14.4 Å². The molecule has 70 valence electrons. The fraction of sp³-hybridized carbons (Fsp3) is 0. The number of benzene rings is 1. The fourth-order valence-electron chi connectivity index (χ4n) is 1.04. The second-order valence-corrected chi connectivity index (χ2v) is 4.69. The number of anilines is 1. The number of fused-ring (bicyclic) bond motifs is 1. The molecule has 1 aromatic carbocycles. The highest BCUT2D eigenvalue weighted by atomic mass is 32.2. The Hall–Kier alpha value is -0.760. The lowest BCUT2D eigenvalue weighted by Gasteiger charge is -2.13. The molecule has 2 rings (SSSR count). The van der Waals surface area contributed by atoms with Crippen LogP contribution in [0, 0.1) is 0 Å². The third kappa shape index (κ3) is 1.51. The minimum Gasteiger partial charge on any atom is -0.210 e. The first-order valence-corrected chi connectivity index (χ1v) is 5.75. The molecule has 1 heterocycles. The summed E-state index contributed by atoms with van der Waals surface area (Å²) in [6.07, 6.45) is 0. The summed E-state index contributed by atoms with van der Waals surface area (Å²) in [5, 5.41) is 4.98. The molecule has 1 aromatic rings. The lowest BCUT2D eigenvalue weighted by Crippen LogP contribution is -2.40. The van der Waals surface area contributed by atoms with Gasteiger partial charge >= 0.3 is 10.2 Å². The van der Waals surface area contributed by atoms with Gasteiger partial charge in [0.1, 0.15) is 0 Å². The Morgan fingerprint density at radius 3 is 2.77 bits per heavy atom. The normalized spacial score (nSPS) is 15.9. The van der Waals surface area contributed by atoms with Crippen LogP contribution in [0.5, 0.6) is 0 Å². The summed E-state index contributed by atoms with van der Waals surface area (Å²) in [7, 11) is -3.71. The number of nitrogens with zero attached hydrogens (tertiary/aromatic N) is 1. The van der Waals surface area contributed by atoms with Crippen molar-refractivity contribution in [1.29, 1.82) is 0 Å². The van der Waals surface area contributed by atoms with Crippen molar-refractivity contribution in [3.63, 3.8) is 0 Å². The number of nitrogens with two attached hydrogens (primary N) is 1. The third-order valence-electron chi connectivity index (χ3n) is 1.58. The van der Waals surface area contributed by atoms with Gasteiger partial charge in [0.05, 0.1) is 10.6 Å². The molecule has 7 heteroatoms. The van der Waals surface area contributed by atoms with Crippen LogP contribution in [0.4, 0.5) is 5.69 Å². The summed E-state index contributed by atoms with van der Waals surface area (Å²) in [4.78, 5) is 3.44. The van der Waals surface area contributed by atoms with E-state index in [4.69, 9.17) is 5.14 Å². The maximum atomic E-state index is 11.0. The zero-order valence-electron chi connectivity index (χ0n) is 6.47. The lowest BCUT2D eigenvalue weighted by atomic mass is 10.3. The Morgan fingerprint density at radius 2 is 2.08 bits per heavy atom. The van der Waals surface area contributed by atoms with Gasteiger partial charge in [-0.25, -0.2) is 5.14 Å². The van der Waals surface area contributed by atoms with E-state index in [0.717, 1.165) is 9.31 Å². The molecule has 3 N–H and O–H groups in total. The average molecular weight is 217 g/mol. The summed E-state index contributed by atoms with van der Waals surface area (Å²) in [5.74, 6) is 0. The molecule has 0 unspecified atom stereocenters. The molecule has 0 saturated heterocycles. The average Bonchev–Trinajstić information content (AvgIpc) is 2.45. The second-order valence-electron chi connectivity index (χ2n) is 2.47. The van der Waals surface area contributed by atoms with Crippen molar-refractivity contribution in [2.45, 2.75) is 4.90 Å². The number of nitrogens with one attached hydrogen (secondary N) is 1. The minimum absolute atomic E-state index is 0.565. The molecular weight excluding hydrogens is 210 g/mol. The van der Waals surface area contributed by atoms with E-state index in [-0.39, 0.29) is 0 Å². The molecule has 0 radical (unpaired) electrons. The van der Waals surface area contributed by atoms with Crippen molar-refractivity contribution in [3.05, 3.63) is 24.3 Å². The molecule has 0 aromatic heterocycles. The van der Waals surface area contributed by atoms with Gasteiger partial charge in [0.2, 0.25) is 0 Å². The first-order valence-electron chi connectivity index (χ1n) is 3.43. The van der Waals surface area contributed by atoms with Crippen LogP contribution in [0.1, 0.15) is 0 Å². The van der Waals surface area contributed by atoms with E-state index >= 15 is 0 Å². The van der Waals surface area contributed by atoms with Gasteiger partial charge in [-0.15, -0.1) is 0 Å². The molecule has 0 fully saturated rings. The number of hydrogen-bond donors (Lipinski definition) is 2. The number of rotatable bonds is 1. The maximum absolute atomic E-state index is 11.0. The Kier molecular flexibility index (Phi) is 1.95. The van der Waals surface area contributed by atoms with Crippen LogP contribution in [-0.4, -0.2) is 8.42 Å². The Bertz CT molecular complexity index is 431. The predicted molar refractivity (Wildman–Crippen MR) is 51.0 cm³/mol. The van der Waals surface area contributed by atoms with Crippen molar-refractivity contribution in [3.8, 4) is 0 Å². The quantitative estimate of drug-likeness (QED) is 0.660. The number of para-hydroxylation sites is 1.